The van der Waals surface area contributed by atoms with Gasteiger partial charge in [-0.1, -0.05) is 5.16 Å². The Bertz CT molecular complexity index is 128. The summed E-state index contributed by atoms with van der Waals surface area (Å²) in [5.74, 6) is 0. The average Bonchev–Trinajstić information content (AvgIpc) is 2.02. The van der Waals surface area contributed by atoms with Crippen molar-refractivity contribution in [3.8, 4) is 0 Å². The van der Waals surface area contributed by atoms with Gasteiger partial charge in [-0.2, -0.15) is 0 Å². The number of rotatable bonds is 4. The summed E-state index contributed by atoms with van der Waals surface area (Å²) in [6.45, 7) is -0.669. The Hall–Kier alpha value is -0.690. The van der Waals surface area contributed by atoms with Gasteiger partial charge in [-0.25, -0.2) is 0 Å². The summed E-state index contributed by atoms with van der Waals surface area (Å²) in [5.41, 5.74) is 0. The van der Waals surface area contributed by atoms with Gasteiger partial charge in [0.15, 0.2) is 0 Å². The Balaban J connectivity index is 3.90. The molecule has 3 atom stereocenters. The highest BCUT2D eigenvalue weighted by atomic mass is 16.4. The molecule has 0 radical (unpaired) electrons. The third kappa shape index (κ3) is 3.28. The van der Waals surface area contributed by atoms with E-state index in [-0.39, 0.29) is 0 Å². The fourth-order valence-electron chi connectivity index (χ4n) is 0.492. The second-order valence-corrected chi connectivity index (χ2v) is 2.00. The lowest BCUT2D eigenvalue weighted by atomic mass is 10.1. The predicted octanol–water partition coefficient (Wildman–Crippen LogP) is -2.48. The number of nitrogens with zero attached hydrogens (tertiary/aromatic N) is 1. The molecule has 0 aromatic carbocycles. The van der Waals surface area contributed by atoms with Crippen molar-refractivity contribution >= 4 is 6.21 Å². The molecular formula is C5H11NO5. The maximum Gasteiger partial charge on any atom is 0.121 e. The Morgan fingerprint density at radius 2 is 1.82 bits per heavy atom. The number of aliphatic hydroxyl groups excluding tert-OH is 4. The fraction of sp³-hybridized carbons (Fsp3) is 0.800. The van der Waals surface area contributed by atoms with Crippen LogP contribution in [0.3, 0.4) is 0 Å². The normalized spacial score (nSPS) is 20.0. The molecule has 0 heterocycles. The zero-order valence-electron chi connectivity index (χ0n) is 5.70. The number of aliphatic hydroxyl groups is 4. The summed E-state index contributed by atoms with van der Waals surface area (Å²) in [6.07, 6.45) is -3.83. The van der Waals surface area contributed by atoms with Crippen molar-refractivity contribution in [3.63, 3.8) is 0 Å². The van der Waals surface area contributed by atoms with E-state index in [2.05, 4.69) is 5.16 Å². The van der Waals surface area contributed by atoms with E-state index in [0.717, 1.165) is 0 Å². The SMILES string of the molecule is OC[C@H](O)[C@H](O)[C@@H](O)/C=N/O. The van der Waals surface area contributed by atoms with Crippen LogP contribution < -0.4 is 0 Å². The maximum absolute atomic E-state index is 8.85. The van der Waals surface area contributed by atoms with E-state index in [4.69, 9.17) is 25.6 Å². The summed E-state index contributed by atoms with van der Waals surface area (Å²) in [4.78, 5) is 0. The Labute approximate surface area is 63.0 Å². The molecule has 0 aromatic heterocycles. The minimum atomic E-state index is -1.55. The summed E-state index contributed by atoms with van der Waals surface area (Å²) >= 11 is 0. The van der Waals surface area contributed by atoms with Gasteiger partial charge in [-0.15, -0.1) is 0 Å². The minimum absolute atomic E-state index is 0.642. The van der Waals surface area contributed by atoms with Crippen molar-refractivity contribution in [1.29, 1.82) is 0 Å². The first-order chi connectivity index (χ1) is 5.13. The molecule has 0 unspecified atom stereocenters. The quantitative estimate of drug-likeness (QED) is 0.180. The van der Waals surface area contributed by atoms with E-state index >= 15 is 0 Å². The third-order valence-electron chi connectivity index (χ3n) is 1.15. The van der Waals surface area contributed by atoms with E-state index in [9.17, 15) is 0 Å². The van der Waals surface area contributed by atoms with Gasteiger partial charge in [0.05, 0.1) is 12.8 Å². The van der Waals surface area contributed by atoms with Gasteiger partial charge in [-0.05, 0) is 0 Å². The van der Waals surface area contributed by atoms with E-state index in [1.165, 1.54) is 0 Å². The van der Waals surface area contributed by atoms with Crippen molar-refractivity contribution in [2.24, 2.45) is 5.16 Å². The monoisotopic (exact) mass is 165 g/mol. The molecule has 0 aromatic rings. The van der Waals surface area contributed by atoms with Crippen LogP contribution in [0.1, 0.15) is 0 Å². The van der Waals surface area contributed by atoms with Crippen LogP contribution in [0.4, 0.5) is 0 Å². The summed E-state index contributed by atoms with van der Waals surface area (Å²) in [7, 11) is 0. The Kier molecular flexibility index (Phi) is 4.71. The van der Waals surface area contributed by atoms with Crippen LogP contribution in [0.5, 0.6) is 0 Å². The molecule has 6 nitrogen and oxygen atoms in total. The number of hydrogen-bond donors (Lipinski definition) is 5. The maximum atomic E-state index is 8.85. The van der Waals surface area contributed by atoms with Crippen LogP contribution in [-0.4, -0.2) is 56.8 Å². The van der Waals surface area contributed by atoms with Crippen molar-refractivity contribution in [2.45, 2.75) is 18.3 Å². The van der Waals surface area contributed by atoms with E-state index < -0.39 is 24.9 Å². The summed E-state index contributed by atoms with van der Waals surface area (Å²) < 4.78 is 0. The molecule has 0 rings (SSSR count). The number of oxime groups is 1. The molecule has 0 spiro atoms. The smallest absolute Gasteiger partial charge is 0.121 e. The van der Waals surface area contributed by atoms with Crippen molar-refractivity contribution < 1.29 is 25.6 Å². The second kappa shape index (κ2) is 5.03. The molecular weight excluding hydrogens is 154 g/mol. The molecule has 11 heavy (non-hydrogen) atoms. The second-order valence-electron chi connectivity index (χ2n) is 2.00. The summed E-state index contributed by atoms with van der Waals surface area (Å²) in [5, 5.41) is 45.0. The molecule has 0 aliphatic rings. The third-order valence-corrected chi connectivity index (χ3v) is 1.15. The first kappa shape index (κ1) is 10.3. The van der Waals surface area contributed by atoms with Gasteiger partial charge in [0.1, 0.15) is 18.3 Å². The topological polar surface area (TPSA) is 114 Å². The lowest BCUT2D eigenvalue weighted by molar-refractivity contribution is -0.0546. The lowest BCUT2D eigenvalue weighted by Gasteiger charge is -2.17. The zero-order valence-corrected chi connectivity index (χ0v) is 5.70. The van der Waals surface area contributed by atoms with Gasteiger partial charge in [0, 0.05) is 0 Å². The molecule has 6 heteroatoms. The molecule has 5 N–H and O–H groups in total. The highest BCUT2D eigenvalue weighted by Crippen LogP contribution is 1.97. The van der Waals surface area contributed by atoms with Gasteiger partial charge >= 0.3 is 0 Å². The molecule has 0 saturated heterocycles. The molecule has 0 bridgehead atoms. The highest BCUT2D eigenvalue weighted by Gasteiger charge is 2.22. The van der Waals surface area contributed by atoms with Crippen molar-refractivity contribution in [2.75, 3.05) is 6.61 Å². The van der Waals surface area contributed by atoms with Gasteiger partial charge in [0.2, 0.25) is 0 Å². The molecule has 0 amide bonds. The van der Waals surface area contributed by atoms with Gasteiger partial charge < -0.3 is 25.6 Å². The molecule has 0 saturated carbocycles. The first-order valence-electron chi connectivity index (χ1n) is 2.96. The van der Waals surface area contributed by atoms with Crippen LogP contribution in [0.25, 0.3) is 0 Å². The Morgan fingerprint density at radius 3 is 2.18 bits per heavy atom. The van der Waals surface area contributed by atoms with Gasteiger partial charge in [0.25, 0.3) is 0 Å². The van der Waals surface area contributed by atoms with Crippen LogP contribution in [0.2, 0.25) is 0 Å². The minimum Gasteiger partial charge on any atom is -0.411 e. The highest BCUT2D eigenvalue weighted by molar-refractivity contribution is 5.62. The van der Waals surface area contributed by atoms with E-state index in [0.29, 0.717) is 6.21 Å². The lowest BCUT2D eigenvalue weighted by Crippen LogP contribution is -2.40. The zero-order chi connectivity index (χ0) is 8.85. The Morgan fingerprint density at radius 1 is 1.27 bits per heavy atom. The van der Waals surface area contributed by atoms with Crippen LogP contribution in [-0.2, 0) is 0 Å². The van der Waals surface area contributed by atoms with Gasteiger partial charge in [-0.3, -0.25) is 0 Å². The predicted molar refractivity (Wildman–Crippen MR) is 35.4 cm³/mol. The van der Waals surface area contributed by atoms with Crippen LogP contribution in [0.15, 0.2) is 5.16 Å². The fourth-order valence-corrected chi connectivity index (χ4v) is 0.492. The number of hydrogen-bond acceptors (Lipinski definition) is 6. The van der Waals surface area contributed by atoms with E-state index in [1.807, 2.05) is 0 Å². The standard InChI is InChI=1S/C5H11NO5/c7-2-4(9)5(10)3(8)1-6-11/h1,3-5,7-11H,2H2/b6-1+/t3-,4-,5+/m0/s1. The van der Waals surface area contributed by atoms with E-state index in [1.54, 1.807) is 0 Å². The van der Waals surface area contributed by atoms with Crippen molar-refractivity contribution in [3.05, 3.63) is 0 Å². The molecule has 0 aliphatic heterocycles. The van der Waals surface area contributed by atoms with Crippen LogP contribution in [0, 0.1) is 0 Å². The molecule has 66 valence electrons. The summed E-state index contributed by atoms with van der Waals surface area (Å²) in [6, 6.07) is 0. The molecule has 0 fully saturated rings. The average molecular weight is 165 g/mol. The first-order valence-corrected chi connectivity index (χ1v) is 2.96. The van der Waals surface area contributed by atoms with Crippen molar-refractivity contribution in [1.82, 2.24) is 0 Å². The largest absolute Gasteiger partial charge is 0.411 e. The molecule has 0 aliphatic carbocycles. The van der Waals surface area contributed by atoms with Crippen LogP contribution >= 0.6 is 0 Å².